The van der Waals surface area contributed by atoms with Crippen LogP contribution in [0.5, 0.6) is 0 Å². The molecule has 1 aliphatic heterocycles. The monoisotopic (exact) mass is 495 g/mol. The normalized spacial score (nSPS) is 14.2. The van der Waals surface area contributed by atoms with E-state index in [1.807, 2.05) is 26.8 Å². The molecule has 1 heterocycles. The minimum absolute atomic E-state index is 0.112. The zero-order valence-corrected chi connectivity index (χ0v) is 20.4. The van der Waals surface area contributed by atoms with Gasteiger partial charge in [-0.3, -0.25) is 9.69 Å². The number of carbonyl (C=O) groups excluding carboxylic acids is 2. The lowest BCUT2D eigenvalue weighted by Crippen LogP contribution is -2.49. The van der Waals surface area contributed by atoms with Crippen molar-refractivity contribution >= 4 is 23.3 Å². The lowest BCUT2D eigenvalue weighted by atomic mass is 10.1. The molecule has 1 saturated heterocycles. The Bertz CT molecular complexity index is 1280. The zero-order chi connectivity index (χ0) is 26.0. The number of aryl methyl sites for hydroxylation is 3. The second kappa shape index (κ2) is 10.0. The fraction of sp³-hybridized carbons (Fsp3) is 0.286. The van der Waals surface area contributed by atoms with Gasteiger partial charge >= 0.3 is 12.2 Å². The Kier molecular flexibility index (Phi) is 7.06. The predicted octanol–water partition coefficient (Wildman–Crippen LogP) is 6.72. The first-order valence-electron chi connectivity index (χ1n) is 11.7. The van der Waals surface area contributed by atoms with Crippen molar-refractivity contribution in [3.8, 4) is 0 Å². The highest BCUT2D eigenvalue weighted by Gasteiger charge is 2.31. The van der Waals surface area contributed by atoms with Gasteiger partial charge in [0.1, 0.15) is 0 Å². The van der Waals surface area contributed by atoms with Crippen LogP contribution in [0, 0.1) is 20.8 Å². The summed E-state index contributed by atoms with van der Waals surface area (Å²) < 4.78 is 39.4. The van der Waals surface area contributed by atoms with E-state index in [-0.39, 0.29) is 11.6 Å². The highest BCUT2D eigenvalue weighted by Crippen LogP contribution is 2.32. The van der Waals surface area contributed by atoms with Gasteiger partial charge in [0.25, 0.3) is 5.91 Å². The van der Waals surface area contributed by atoms with Crippen LogP contribution in [0.1, 0.15) is 44.6 Å². The van der Waals surface area contributed by atoms with Gasteiger partial charge in [-0.25, -0.2) is 4.79 Å². The number of hydrogen-bond acceptors (Lipinski definition) is 2. The Morgan fingerprint density at radius 3 is 2.33 bits per heavy atom. The molecule has 0 saturated carbocycles. The van der Waals surface area contributed by atoms with Crippen molar-refractivity contribution in [1.29, 1.82) is 0 Å². The van der Waals surface area contributed by atoms with Gasteiger partial charge in [-0.1, -0.05) is 41.5 Å². The summed E-state index contributed by atoms with van der Waals surface area (Å²) in [4.78, 5) is 29.8. The number of halogens is 3. The highest BCUT2D eigenvalue weighted by molar-refractivity contribution is 6.07. The molecular weight excluding hydrogens is 467 g/mol. The molecule has 0 aliphatic carbocycles. The molecule has 1 fully saturated rings. The molecule has 3 amide bonds. The average Bonchev–Trinajstić information content (AvgIpc) is 2.80. The number of amides is 3. The third-order valence-corrected chi connectivity index (χ3v) is 6.11. The summed E-state index contributed by atoms with van der Waals surface area (Å²) in [6, 6.07) is 15.6. The van der Waals surface area contributed by atoms with Crippen LogP contribution < -0.4 is 10.2 Å². The first-order valence-corrected chi connectivity index (χ1v) is 11.7. The van der Waals surface area contributed by atoms with E-state index in [1.165, 1.54) is 12.1 Å². The van der Waals surface area contributed by atoms with Gasteiger partial charge in [0.15, 0.2) is 0 Å². The number of benzene rings is 3. The fourth-order valence-corrected chi connectivity index (χ4v) is 4.55. The van der Waals surface area contributed by atoms with Crippen LogP contribution in [0.3, 0.4) is 0 Å². The molecule has 3 aromatic rings. The first kappa shape index (κ1) is 25.3. The minimum atomic E-state index is -4.55. The predicted molar refractivity (Wildman–Crippen MR) is 134 cm³/mol. The molecule has 36 heavy (non-hydrogen) atoms. The lowest BCUT2D eigenvalue weighted by molar-refractivity contribution is -0.137. The number of nitrogens with one attached hydrogen (secondary N) is 1. The maximum absolute atomic E-state index is 13.5. The van der Waals surface area contributed by atoms with Crippen molar-refractivity contribution < 1.29 is 22.8 Å². The number of alkyl halides is 3. The Balaban J connectivity index is 1.59. The van der Waals surface area contributed by atoms with E-state index in [2.05, 4.69) is 23.5 Å². The molecule has 0 aromatic heterocycles. The van der Waals surface area contributed by atoms with E-state index in [9.17, 15) is 22.8 Å². The Hall–Kier alpha value is -3.81. The second-order valence-corrected chi connectivity index (χ2v) is 9.26. The quantitative estimate of drug-likeness (QED) is 0.427. The average molecular weight is 496 g/mol. The topological polar surface area (TPSA) is 52.6 Å². The van der Waals surface area contributed by atoms with Crippen LogP contribution in [0.25, 0.3) is 0 Å². The molecular formula is C28H28F3N3O2. The van der Waals surface area contributed by atoms with Crippen molar-refractivity contribution in [1.82, 2.24) is 4.90 Å². The van der Waals surface area contributed by atoms with E-state index in [4.69, 9.17) is 0 Å². The van der Waals surface area contributed by atoms with E-state index in [1.54, 1.807) is 21.9 Å². The second-order valence-electron chi connectivity index (χ2n) is 9.26. The molecule has 0 bridgehead atoms. The van der Waals surface area contributed by atoms with Crippen molar-refractivity contribution in [3.05, 3.63) is 94.0 Å². The van der Waals surface area contributed by atoms with Crippen molar-refractivity contribution in [2.75, 3.05) is 23.3 Å². The zero-order valence-electron chi connectivity index (χ0n) is 20.4. The van der Waals surface area contributed by atoms with Crippen molar-refractivity contribution in [2.24, 2.45) is 0 Å². The summed E-state index contributed by atoms with van der Waals surface area (Å²) >= 11 is 0. The maximum atomic E-state index is 13.5. The summed E-state index contributed by atoms with van der Waals surface area (Å²) in [6.07, 6.45) is -3.81. The van der Waals surface area contributed by atoms with Crippen LogP contribution in [0.4, 0.5) is 29.3 Å². The largest absolute Gasteiger partial charge is 0.416 e. The molecule has 1 N–H and O–H groups in total. The molecule has 0 spiro atoms. The van der Waals surface area contributed by atoms with Gasteiger partial charge in [-0.15, -0.1) is 0 Å². The van der Waals surface area contributed by atoms with E-state index in [0.29, 0.717) is 31.0 Å². The molecule has 3 aromatic carbocycles. The van der Waals surface area contributed by atoms with Gasteiger partial charge in [0.05, 0.1) is 16.9 Å². The van der Waals surface area contributed by atoms with Gasteiger partial charge < -0.3 is 10.2 Å². The molecule has 5 nitrogen and oxygen atoms in total. The van der Waals surface area contributed by atoms with Crippen molar-refractivity contribution in [2.45, 2.75) is 39.9 Å². The van der Waals surface area contributed by atoms with E-state index in [0.717, 1.165) is 40.8 Å². The summed E-state index contributed by atoms with van der Waals surface area (Å²) in [7, 11) is 0. The lowest BCUT2D eigenvalue weighted by Gasteiger charge is -2.36. The molecule has 0 radical (unpaired) electrons. The van der Waals surface area contributed by atoms with Gasteiger partial charge in [0.2, 0.25) is 0 Å². The van der Waals surface area contributed by atoms with E-state index >= 15 is 0 Å². The summed E-state index contributed by atoms with van der Waals surface area (Å²) in [6.45, 7) is 7.43. The summed E-state index contributed by atoms with van der Waals surface area (Å²) in [5.41, 5.74) is 4.02. The Labute approximate surface area is 208 Å². The van der Waals surface area contributed by atoms with Gasteiger partial charge in [0, 0.05) is 25.2 Å². The number of urea groups is 1. The fourth-order valence-electron chi connectivity index (χ4n) is 4.55. The van der Waals surface area contributed by atoms with Crippen LogP contribution in [0.15, 0.2) is 60.7 Å². The van der Waals surface area contributed by atoms with Crippen molar-refractivity contribution in [3.63, 3.8) is 0 Å². The van der Waals surface area contributed by atoms with E-state index < -0.39 is 17.6 Å². The Morgan fingerprint density at radius 1 is 0.917 bits per heavy atom. The van der Waals surface area contributed by atoms with Gasteiger partial charge in [-0.2, -0.15) is 13.2 Å². The number of nitrogens with zero attached hydrogens (tertiary/aromatic N) is 2. The Morgan fingerprint density at radius 2 is 1.64 bits per heavy atom. The number of rotatable bonds is 5. The minimum Gasteiger partial charge on any atom is -0.320 e. The smallest absolute Gasteiger partial charge is 0.320 e. The van der Waals surface area contributed by atoms with Crippen LogP contribution in [-0.4, -0.2) is 29.9 Å². The molecule has 188 valence electrons. The molecule has 4 rings (SSSR count). The van der Waals surface area contributed by atoms with Crippen LogP contribution >= 0.6 is 0 Å². The van der Waals surface area contributed by atoms with Crippen LogP contribution in [0.2, 0.25) is 0 Å². The summed E-state index contributed by atoms with van der Waals surface area (Å²) in [5.74, 6) is -0.676. The van der Waals surface area contributed by atoms with Gasteiger partial charge in [-0.05, 0) is 68.7 Å². The third kappa shape index (κ3) is 5.70. The molecule has 8 heteroatoms. The SMILES string of the molecule is Cc1cc(C)cc(CN2CCCN(c3ccc(C)cc3NC(=O)c3cccc(C(F)(F)F)c3)C2=O)c1. The summed E-state index contributed by atoms with van der Waals surface area (Å²) in [5, 5.41) is 2.72. The number of hydrogen-bond donors (Lipinski definition) is 1. The first-order chi connectivity index (χ1) is 17.0. The number of anilines is 2. The molecule has 1 aliphatic rings. The van der Waals surface area contributed by atoms with Crippen LogP contribution in [-0.2, 0) is 12.7 Å². The molecule has 0 atom stereocenters. The molecule has 0 unspecified atom stereocenters. The highest BCUT2D eigenvalue weighted by atomic mass is 19.4. The standard InChI is InChI=1S/C28H28F3N3O2/c1-18-8-9-25(24(15-18)32-26(35)22-6-4-7-23(16-22)28(29,30)31)34-11-5-10-33(27(34)36)17-21-13-19(2)12-20(3)14-21/h4,6-9,12-16H,5,10-11,17H2,1-3H3,(H,32,35). The third-order valence-electron chi connectivity index (χ3n) is 6.11. The maximum Gasteiger partial charge on any atom is 0.416 e. The number of carbonyl (C=O) groups is 2.